The molecule has 84 valence electrons. The van der Waals surface area contributed by atoms with Crippen LogP contribution in [0.4, 0.5) is 0 Å². The molecule has 3 nitrogen and oxygen atoms in total. The van der Waals surface area contributed by atoms with Gasteiger partial charge in [-0.25, -0.2) is 0 Å². The van der Waals surface area contributed by atoms with E-state index in [2.05, 4.69) is 13.8 Å². The molecule has 0 saturated heterocycles. The summed E-state index contributed by atoms with van der Waals surface area (Å²) in [6.45, 7) is 4.26. The minimum atomic E-state index is -3.93. The molecular weight excluding hydrogens is 211 g/mol. The van der Waals surface area contributed by atoms with Gasteiger partial charge in [0, 0.05) is 0 Å². The Bertz CT molecular complexity index is 353. The third kappa shape index (κ3) is 4.17. The molecule has 0 radical (unpaired) electrons. The topological polar surface area (TPSA) is 57.5 Å². The molecule has 0 aromatic heterocycles. The number of benzene rings is 1. The van der Waals surface area contributed by atoms with Gasteiger partial charge in [0.25, 0.3) is 0 Å². The molecule has 1 atom stereocenters. The van der Waals surface area contributed by atoms with Crippen LogP contribution in [0.2, 0.25) is 0 Å². The zero-order chi connectivity index (χ0) is 11.5. The van der Waals surface area contributed by atoms with Crippen molar-refractivity contribution in [1.29, 1.82) is 0 Å². The van der Waals surface area contributed by atoms with E-state index < -0.39 is 7.60 Å². The fourth-order valence-corrected chi connectivity index (χ4v) is 2.11. The third-order valence-electron chi connectivity index (χ3n) is 2.55. The first-order valence-electron chi connectivity index (χ1n) is 5.06. The molecule has 0 saturated carbocycles. The molecule has 1 aromatic carbocycles. The summed E-state index contributed by atoms with van der Waals surface area (Å²) < 4.78 is 10.8. The molecule has 1 unspecified atom stereocenters. The van der Waals surface area contributed by atoms with E-state index in [0.717, 1.165) is 6.42 Å². The summed E-state index contributed by atoms with van der Waals surface area (Å²) in [6.07, 6.45) is 0.894. The van der Waals surface area contributed by atoms with Crippen LogP contribution in [0.25, 0.3) is 0 Å². The maximum atomic E-state index is 10.8. The Morgan fingerprint density at radius 1 is 1.27 bits per heavy atom. The van der Waals surface area contributed by atoms with Crippen molar-refractivity contribution in [2.24, 2.45) is 0 Å². The Balaban J connectivity index is 2.77. The lowest BCUT2D eigenvalue weighted by molar-refractivity contribution is 0.371. The van der Waals surface area contributed by atoms with E-state index in [9.17, 15) is 4.57 Å². The molecule has 15 heavy (non-hydrogen) atoms. The normalized spacial score (nSPS) is 13.9. The summed E-state index contributed by atoms with van der Waals surface area (Å²) in [5.41, 5.74) is 1.90. The molecule has 2 N–H and O–H groups in total. The lowest BCUT2D eigenvalue weighted by atomic mass is 9.98. The fourth-order valence-electron chi connectivity index (χ4n) is 1.43. The Kier molecular flexibility index (Phi) is 4.09. The summed E-state index contributed by atoms with van der Waals surface area (Å²) in [5.74, 6) is 0.495. The maximum absolute atomic E-state index is 10.8. The molecule has 1 aromatic rings. The Morgan fingerprint density at radius 3 is 2.20 bits per heavy atom. The molecule has 0 fully saturated rings. The zero-order valence-electron chi connectivity index (χ0n) is 9.05. The second-order valence-corrected chi connectivity index (χ2v) is 5.52. The molecule has 0 amide bonds. The summed E-state index contributed by atoms with van der Waals surface area (Å²) in [5, 5.41) is 0. The van der Waals surface area contributed by atoms with Crippen LogP contribution in [0.15, 0.2) is 24.3 Å². The van der Waals surface area contributed by atoms with Crippen LogP contribution in [0, 0.1) is 0 Å². The number of rotatable bonds is 4. The summed E-state index contributed by atoms with van der Waals surface area (Å²) in [7, 11) is -3.93. The van der Waals surface area contributed by atoms with Crippen molar-refractivity contribution in [2.75, 3.05) is 0 Å². The van der Waals surface area contributed by atoms with E-state index in [1.54, 1.807) is 12.1 Å². The monoisotopic (exact) mass is 228 g/mol. The first-order valence-corrected chi connectivity index (χ1v) is 6.85. The second kappa shape index (κ2) is 4.93. The summed E-state index contributed by atoms with van der Waals surface area (Å²) in [4.78, 5) is 17.6. The van der Waals surface area contributed by atoms with E-state index in [-0.39, 0.29) is 6.16 Å². The molecule has 0 aliphatic rings. The lowest BCUT2D eigenvalue weighted by Crippen LogP contribution is -1.92. The van der Waals surface area contributed by atoms with Gasteiger partial charge in [0.2, 0.25) is 0 Å². The molecular formula is C11H17O3P. The molecule has 0 heterocycles. The maximum Gasteiger partial charge on any atom is 0.329 e. The van der Waals surface area contributed by atoms with Crippen LogP contribution < -0.4 is 0 Å². The summed E-state index contributed by atoms with van der Waals surface area (Å²) in [6, 6.07) is 7.47. The quantitative estimate of drug-likeness (QED) is 0.779. The van der Waals surface area contributed by atoms with Crippen LogP contribution in [-0.2, 0) is 10.7 Å². The predicted molar refractivity (Wildman–Crippen MR) is 60.9 cm³/mol. The van der Waals surface area contributed by atoms with Crippen molar-refractivity contribution in [2.45, 2.75) is 32.3 Å². The molecule has 0 aliphatic heterocycles. The first-order chi connectivity index (χ1) is 6.92. The van der Waals surface area contributed by atoms with Crippen molar-refractivity contribution >= 4 is 7.60 Å². The van der Waals surface area contributed by atoms with Crippen LogP contribution >= 0.6 is 7.60 Å². The largest absolute Gasteiger partial charge is 0.329 e. The van der Waals surface area contributed by atoms with Gasteiger partial charge < -0.3 is 9.79 Å². The van der Waals surface area contributed by atoms with Gasteiger partial charge in [-0.15, -0.1) is 0 Å². The second-order valence-electron chi connectivity index (χ2n) is 3.87. The van der Waals surface area contributed by atoms with E-state index in [0.29, 0.717) is 11.5 Å². The highest BCUT2D eigenvalue weighted by molar-refractivity contribution is 7.50. The van der Waals surface area contributed by atoms with Gasteiger partial charge >= 0.3 is 7.60 Å². The average molecular weight is 228 g/mol. The van der Waals surface area contributed by atoms with Gasteiger partial charge in [-0.05, 0) is 23.5 Å². The van der Waals surface area contributed by atoms with Crippen molar-refractivity contribution < 1.29 is 14.4 Å². The zero-order valence-corrected chi connectivity index (χ0v) is 9.95. The predicted octanol–water partition coefficient (Wildman–Crippen LogP) is 2.88. The van der Waals surface area contributed by atoms with Crippen molar-refractivity contribution in [1.82, 2.24) is 0 Å². The van der Waals surface area contributed by atoms with Crippen molar-refractivity contribution in [3.63, 3.8) is 0 Å². The molecule has 0 aliphatic carbocycles. The molecule has 1 rings (SSSR count). The van der Waals surface area contributed by atoms with Gasteiger partial charge in [-0.2, -0.15) is 0 Å². The van der Waals surface area contributed by atoms with E-state index in [1.165, 1.54) is 5.56 Å². The van der Waals surface area contributed by atoms with E-state index >= 15 is 0 Å². The van der Waals surface area contributed by atoms with E-state index in [4.69, 9.17) is 9.79 Å². The number of hydrogen-bond acceptors (Lipinski definition) is 1. The SMILES string of the molecule is CCC(C)c1ccc(CP(=O)(O)O)cc1. The fraction of sp³-hybridized carbons (Fsp3) is 0.455. The average Bonchev–Trinajstić information content (AvgIpc) is 2.15. The van der Waals surface area contributed by atoms with Crippen LogP contribution in [0.1, 0.15) is 37.3 Å². The van der Waals surface area contributed by atoms with Crippen molar-refractivity contribution in [3.8, 4) is 0 Å². The Labute approximate surface area is 90.3 Å². The van der Waals surface area contributed by atoms with Gasteiger partial charge in [0.1, 0.15) is 0 Å². The Hall–Kier alpha value is -0.630. The van der Waals surface area contributed by atoms with Crippen LogP contribution in [-0.4, -0.2) is 9.79 Å². The van der Waals surface area contributed by atoms with Crippen LogP contribution in [0.5, 0.6) is 0 Å². The Morgan fingerprint density at radius 2 is 1.80 bits per heavy atom. The molecule has 0 spiro atoms. The minimum Gasteiger partial charge on any atom is -0.324 e. The lowest BCUT2D eigenvalue weighted by Gasteiger charge is -2.10. The van der Waals surface area contributed by atoms with Gasteiger partial charge in [0.15, 0.2) is 0 Å². The van der Waals surface area contributed by atoms with E-state index in [1.807, 2.05) is 12.1 Å². The van der Waals surface area contributed by atoms with Crippen molar-refractivity contribution in [3.05, 3.63) is 35.4 Å². The molecule has 0 bridgehead atoms. The summed E-state index contributed by atoms with van der Waals surface area (Å²) >= 11 is 0. The van der Waals surface area contributed by atoms with Gasteiger partial charge in [-0.3, -0.25) is 4.57 Å². The van der Waals surface area contributed by atoms with Gasteiger partial charge in [-0.1, -0.05) is 38.1 Å². The first kappa shape index (κ1) is 12.4. The number of hydrogen-bond donors (Lipinski definition) is 2. The highest BCUT2D eigenvalue weighted by Crippen LogP contribution is 2.39. The van der Waals surface area contributed by atoms with Gasteiger partial charge in [0.05, 0.1) is 6.16 Å². The standard InChI is InChI=1S/C11H17O3P/c1-3-9(2)11-6-4-10(5-7-11)8-15(12,13)14/h4-7,9H,3,8H2,1-2H3,(H2,12,13,14). The highest BCUT2D eigenvalue weighted by Gasteiger charge is 2.13. The highest BCUT2D eigenvalue weighted by atomic mass is 31.2. The third-order valence-corrected chi connectivity index (χ3v) is 3.33. The van der Waals surface area contributed by atoms with Crippen LogP contribution in [0.3, 0.4) is 0 Å². The smallest absolute Gasteiger partial charge is 0.324 e. The minimum absolute atomic E-state index is 0.173. The molecule has 4 heteroatoms.